The molecule has 2 aliphatic rings. The van der Waals surface area contributed by atoms with E-state index in [-0.39, 0.29) is 18.0 Å². The molecule has 6 heteroatoms. The summed E-state index contributed by atoms with van der Waals surface area (Å²) in [7, 11) is 1.95. The largest absolute Gasteiger partial charge is 0.340 e. The summed E-state index contributed by atoms with van der Waals surface area (Å²) in [6.45, 7) is 4.30. The molecular formula is C18H31N5O. The Morgan fingerprint density at radius 3 is 2.75 bits per heavy atom. The quantitative estimate of drug-likeness (QED) is 0.887. The topological polar surface area (TPSA) is 76.2 Å². The van der Waals surface area contributed by atoms with Crippen molar-refractivity contribution in [3.63, 3.8) is 0 Å². The molecule has 0 aromatic carbocycles. The highest BCUT2D eigenvalue weighted by molar-refractivity contribution is 5.74. The first kappa shape index (κ1) is 17.3. The van der Waals surface area contributed by atoms with Crippen LogP contribution in [0.2, 0.25) is 0 Å². The molecule has 2 heterocycles. The fourth-order valence-corrected chi connectivity index (χ4v) is 4.26. The molecule has 2 atom stereocenters. The summed E-state index contributed by atoms with van der Waals surface area (Å²) in [6, 6.07) is -0.0113. The van der Waals surface area contributed by atoms with Crippen molar-refractivity contribution in [2.45, 2.75) is 57.4 Å². The van der Waals surface area contributed by atoms with Gasteiger partial charge in [-0.15, -0.1) is 0 Å². The van der Waals surface area contributed by atoms with Crippen molar-refractivity contribution in [3.8, 4) is 0 Å². The zero-order chi connectivity index (χ0) is 17.2. The third-order valence-corrected chi connectivity index (χ3v) is 6.04. The maximum Gasteiger partial charge on any atom is 0.317 e. The Kier molecular flexibility index (Phi) is 5.13. The number of nitrogens with two attached hydrogens (primary N) is 1. The minimum atomic E-state index is -0.0412. The maximum atomic E-state index is 12.6. The van der Waals surface area contributed by atoms with Crippen LogP contribution in [0, 0.1) is 5.41 Å². The van der Waals surface area contributed by atoms with Crippen molar-refractivity contribution < 1.29 is 4.79 Å². The summed E-state index contributed by atoms with van der Waals surface area (Å²) in [5.41, 5.74) is 7.55. The number of carbonyl (C=O) groups excluding carboxylic acids is 1. The highest BCUT2D eigenvalue weighted by Gasteiger charge is 2.36. The monoisotopic (exact) mass is 333 g/mol. The molecule has 1 saturated carbocycles. The van der Waals surface area contributed by atoms with Gasteiger partial charge in [0.1, 0.15) is 0 Å². The molecule has 0 spiro atoms. The number of carbonyl (C=O) groups is 1. The molecule has 1 aromatic heterocycles. The maximum absolute atomic E-state index is 12.6. The average Bonchev–Trinajstić information content (AvgIpc) is 3.19. The van der Waals surface area contributed by atoms with Gasteiger partial charge >= 0.3 is 6.03 Å². The van der Waals surface area contributed by atoms with Gasteiger partial charge < -0.3 is 20.5 Å². The van der Waals surface area contributed by atoms with Crippen LogP contribution in [0.1, 0.15) is 57.1 Å². The van der Waals surface area contributed by atoms with E-state index in [4.69, 9.17) is 5.73 Å². The zero-order valence-corrected chi connectivity index (χ0v) is 15.0. The third kappa shape index (κ3) is 3.58. The van der Waals surface area contributed by atoms with E-state index in [0.717, 1.165) is 18.7 Å². The number of hydrogen-bond acceptors (Lipinski definition) is 3. The van der Waals surface area contributed by atoms with Gasteiger partial charge in [0, 0.05) is 44.8 Å². The molecule has 1 aromatic rings. The molecule has 24 heavy (non-hydrogen) atoms. The molecule has 2 amide bonds. The van der Waals surface area contributed by atoms with Gasteiger partial charge in [-0.3, -0.25) is 0 Å². The number of urea groups is 1. The summed E-state index contributed by atoms with van der Waals surface area (Å²) >= 11 is 0. The van der Waals surface area contributed by atoms with E-state index >= 15 is 0 Å². The Hall–Kier alpha value is -1.56. The number of imidazole rings is 1. The minimum absolute atomic E-state index is 0.0299. The fraction of sp³-hybridized carbons (Fsp3) is 0.778. The van der Waals surface area contributed by atoms with E-state index in [1.807, 2.05) is 22.7 Å². The highest BCUT2D eigenvalue weighted by Crippen LogP contribution is 2.38. The summed E-state index contributed by atoms with van der Waals surface area (Å²) < 4.78 is 1.93. The number of likely N-dealkylation sites (tertiary alicyclic amines) is 1. The number of rotatable bonds is 4. The van der Waals surface area contributed by atoms with E-state index in [1.165, 1.54) is 32.1 Å². The van der Waals surface area contributed by atoms with E-state index < -0.39 is 0 Å². The number of hydrogen-bond donors (Lipinski definition) is 2. The molecule has 1 aliphatic carbocycles. The van der Waals surface area contributed by atoms with Crippen molar-refractivity contribution in [1.29, 1.82) is 0 Å². The summed E-state index contributed by atoms with van der Waals surface area (Å²) in [4.78, 5) is 18.9. The molecule has 3 rings (SSSR count). The molecule has 1 saturated heterocycles. The lowest BCUT2D eigenvalue weighted by Gasteiger charge is -2.37. The van der Waals surface area contributed by atoms with Crippen molar-refractivity contribution in [2.75, 3.05) is 19.6 Å². The van der Waals surface area contributed by atoms with Crippen LogP contribution < -0.4 is 11.1 Å². The first-order valence-electron chi connectivity index (χ1n) is 9.29. The fourth-order valence-electron chi connectivity index (χ4n) is 4.26. The molecule has 2 fully saturated rings. The molecule has 0 bridgehead atoms. The van der Waals surface area contributed by atoms with Gasteiger partial charge in [-0.1, -0.05) is 26.2 Å². The second-order valence-corrected chi connectivity index (χ2v) is 7.71. The second-order valence-electron chi connectivity index (χ2n) is 7.71. The van der Waals surface area contributed by atoms with Crippen molar-refractivity contribution in [2.24, 2.45) is 18.2 Å². The predicted molar refractivity (Wildman–Crippen MR) is 94.7 cm³/mol. The molecule has 3 N–H and O–H groups in total. The van der Waals surface area contributed by atoms with Gasteiger partial charge in [0.2, 0.25) is 0 Å². The van der Waals surface area contributed by atoms with Crippen LogP contribution >= 0.6 is 0 Å². The van der Waals surface area contributed by atoms with Gasteiger partial charge in [0.15, 0.2) is 0 Å². The Balaban J connectivity index is 1.56. The molecule has 6 nitrogen and oxygen atoms in total. The van der Waals surface area contributed by atoms with Crippen molar-refractivity contribution in [3.05, 3.63) is 18.2 Å². The van der Waals surface area contributed by atoms with Crippen LogP contribution in [0.3, 0.4) is 0 Å². The lowest BCUT2D eigenvalue weighted by atomic mass is 9.72. The number of aryl methyl sites for hydroxylation is 1. The SMILES string of the molecule is CCC1(CNC(=O)N2C[C@@H](N)[C@H](c3cn(C)cn3)C2)CCCCC1. The molecule has 0 unspecified atom stereocenters. The Morgan fingerprint density at radius 1 is 1.38 bits per heavy atom. The molecule has 134 valence electrons. The smallest absolute Gasteiger partial charge is 0.317 e. The second kappa shape index (κ2) is 7.13. The number of amides is 2. The Morgan fingerprint density at radius 2 is 2.12 bits per heavy atom. The van der Waals surface area contributed by atoms with Gasteiger partial charge in [-0.2, -0.15) is 0 Å². The summed E-state index contributed by atoms with van der Waals surface area (Å²) in [5, 5.41) is 3.19. The first-order chi connectivity index (χ1) is 11.5. The molecule has 1 aliphatic heterocycles. The average molecular weight is 333 g/mol. The standard InChI is InChI=1S/C18H31N5O/c1-3-18(7-5-4-6-8-18)12-20-17(24)23-9-14(15(19)10-23)16-11-22(2)13-21-16/h11,13-15H,3-10,12,19H2,1-2H3,(H,20,24)/t14-,15-/m1/s1. The molecular weight excluding hydrogens is 302 g/mol. The van der Waals surface area contributed by atoms with E-state index in [9.17, 15) is 4.79 Å². The zero-order valence-electron chi connectivity index (χ0n) is 15.0. The summed E-state index contributed by atoms with van der Waals surface area (Å²) in [6.07, 6.45) is 11.3. The lowest BCUT2D eigenvalue weighted by Crippen LogP contribution is -2.45. The van der Waals surface area contributed by atoms with E-state index in [0.29, 0.717) is 18.5 Å². The van der Waals surface area contributed by atoms with Crippen molar-refractivity contribution in [1.82, 2.24) is 19.8 Å². The number of nitrogens with zero attached hydrogens (tertiary/aromatic N) is 3. The predicted octanol–water partition coefficient (Wildman–Crippen LogP) is 2.22. The van der Waals surface area contributed by atoms with Gasteiger partial charge in [-0.05, 0) is 24.7 Å². The van der Waals surface area contributed by atoms with E-state index in [1.54, 1.807) is 6.33 Å². The van der Waals surface area contributed by atoms with Crippen LogP contribution in [0.15, 0.2) is 12.5 Å². The van der Waals surface area contributed by atoms with Crippen LogP contribution in [-0.4, -0.2) is 46.2 Å². The van der Waals surface area contributed by atoms with Crippen LogP contribution in [0.5, 0.6) is 0 Å². The van der Waals surface area contributed by atoms with E-state index in [2.05, 4.69) is 17.2 Å². The highest BCUT2D eigenvalue weighted by atomic mass is 16.2. The van der Waals surface area contributed by atoms with Gasteiger partial charge in [0.25, 0.3) is 0 Å². The normalized spacial score (nSPS) is 26.5. The van der Waals surface area contributed by atoms with Crippen molar-refractivity contribution >= 4 is 6.03 Å². The molecule has 0 radical (unpaired) electrons. The van der Waals surface area contributed by atoms with Crippen LogP contribution in [0.4, 0.5) is 4.79 Å². The minimum Gasteiger partial charge on any atom is -0.340 e. The Labute approximate surface area is 144 Å². The van der Waals surface area contributed by atoms with Gasteiger partial charge in [0.05, 0.1) is 12.0 Å². The van der Waals surface area contributed by atoms with Crippen LogP contribution in [-0.2, 0) is 7.05 Å². The Bertz CT molecular complexity index is 564. The van der Waals surface area contributed by atoms with Crippen LogP contribution in [0.25, 0.3) is 0 Å². The summed E-state index contributed by atoms with van der Waals surface area (Å²) in [5.74, 6) is 0.131. The first-order valence-corrected chi connectivity index (χ1v) is 9.29. The number of nitrogens with one attached hydrogen (secondary N) is 1. The van der Waals surface area contributed by atoms with Gasteiger partial charge in [-0.25, -0.2) is 9.78 Å². The lowest BCUT2D eigenvalue weighted by molar-refractivity contribution is 0.163. The number of aromatic nitrogens is 2. The third-order valence-electron chi connectivity index (χ3n) is 6.04.